The minimum atomic E-state index is -0.379. The number of hydrogen-bond acceptors (Lipinski definition) is 3. The molecule has 1 aliphatic heterocycles. The molecule has 0 amide bonds. The quantitative estimate of drug-likeness (QED) is 0.591. The second-order valence-electron chi connectivity index (χ2n) is 3.66. The Bertz CT molecular complexity index is 194. The van der Waals surface area contributed by atoms with E-state index in [0.29, 0.717) is 13.2 Å². The first kappa shape index (κ1) is 8.20. The van der Waals surface area contributed by atoms with Gasteiger partial charge in [-0.25, -0.2) is 0 Å². The summed E-state index contributed by atoms with van der Waals surface area (Å²) in [6.07, 6.45) is 2.58. The van der Waals surface area contributed by atoms with Gasteiger partial charge in [0.1, 0.15) is 5.78 Å². The van der Waals surface area contributed by atoms with Crippen LogP contribution in [-0.2, 0) is 14.3 Å². The molecule has 1 heterocycles. The standard InChI is InChI=1S/C9H14O3/c1-7(10)8-2-3-9(6-8)11-4-5-12-9/h8H,2-6H2,1H3/t8-/m1/s1. The smallest absolute Gasteiger partial charge is 0.169 e. The van der Waals surface area contributed by atoms with Crippen molar-refractivity contribution in [3.8, 4) is 0 Å². The molecule has 1 spiro atoms. The highest BCUT2D eigenvalue weighted by molar-refractivity contribution is 5.78. The Hall–Kier alpha value is -0.410. The van der Waals surface area contributed by atoms with Gasteiger partial charge in [0, 0.05) is 18.8 Å². The van der Waals surface area contributed by atoms with E-state index in [1.807, 2.05) is 0 Å². The molecule has 0 bridgehead atoms. The fourth-order valence-corrected chi connectivity index (χ4v) is 2.08. The van der Waals surface area contributed by atoms with E-state index >= 15 is 0 Å². The molecule has 0 aromatic carbocycles. The van der Waals surface area contributed by atoms with Crippen molar-refractivity contribution in [2.45, 2.75) is 32.0 Å². The molecule has 3 heteroatoms. The number of carbonyl (C=O) groups is 1. The normalized spacial score (nSPS) is 32.9. The topological polar surface area (TPSA) is 35.5 Å². The van der Waals surface area contributed by atoms with Gasteiger partial charge in [0.15, 0.2) is 5.79 Å². The van der Waals surface area contributed by atoms with E-state index < -0.39 is 0 Å². The van der Waals surface area contributed by atoms with E-state index in [1.165, 1.54) is 0 Å². The molecular formula is C9H14O3. The van der Waals surface area contributed by atoms with Crippen LogP contribution in [0.15, 0.2) is 0 Å². The summed E-state index contributed by atoms with van der Waals surface area (Å²) in [4.78, 5) is 11.1. The van der Waals surface area contributed by atoms with Crippen molar-refractivity contribution in [3.05, 3.63) is 0 Å². The fourth-order valence-electron chi connectivity index (χ4n) is 2.08. The molecule has 1 saturated carbocycles. The van der Waals surface area contributed by atoms with Crippen LogP contribution in [0.2, 0.25) is 0 Å². The van der Waals surface area contributed by atoms with Gasteiger partial charge in [-0.2, -0.15) is 0 Å². The van der Waals surface area contributed by atoms with Crippen molar-refractivity contribution in [2.75, 3.05) is 13.2 Å². The molecule has 1 atom stereocenters. The van der Waals surface area contributed by atoms with Crippen LogP contribution in [0.25, 0.3) is 0 Å². The summed E-state index contributed by atoms with van der Waals surface area (Å²) in [5.41, 5.74) is 0. The second kappa shape index (κ2) is 2.82. The Morgan fingerprint density at radius 3 is 2.58 bits per heavy atom. The van der Waals surface area contributed by atoms with Gasteiger partial charge in [-0.1, -0.05) is 0 Å². The van der Waals surface area contributed by atoms with Crippen molar-refractivity contribution in [2.24, 2.45) is 5.92 Å². The second-order valence-corrected chi connectivity index (χ2v) is 3.66. The number of carbonyl (C=O) groups excluding carboxylic acids is 1. The predicted molar refractivity (Wildman–Crippen MR) is 42.7 cm³/mol. The van der Waals surface area contributed by atoms with Crippen molar-refractivity contribution in [1.82, 2.24) is 0 Å². The van der Waals surface area contributed by atoms with Crippen molar-refractivity contribution in [1.29, 1.82) is 0 Å². The average molecular weight is 170 g/mol. The van der Waals surface area contributed by atoms with Gasteiger partial charge in [-0.15, -0.1) is 0 Å². The van der Waals surface area contributed by atoms with Crippen molar-refractivity contribution < 1.29 is 14.3 Å². The van der Waals surface area contributed by atoms with Crippen LogP contribution in [0.5, 0.6) is 0 Å². The van der Waals surface area contributed by atoms with Crippen LogP contribution in [0.1, 0.15) is 26.2 Å². The van der Waals surface area contributed by atoms with E-state index in [2.05, 4.69) is 0 Å². The molecule has 3 nitrogen and oxygen atoms in total. The summed E-state index contributed by atoms with van der Waals surface area (Å²) in [5.74, 6) is 0.0603. The number of rotatable bonds is 1. The van der Waals surface area contributed by atoms with E-state index in [-0.39, 0.29) is 17.5 Å². The van der Waals surface area contributed by atoms with Gasteiger partial charge < -0.3 is 9.47 Å². The van der Waals surface area contributed by atoms with Gasteiger partial charge in [-0.05, 0) is 13.3 Å². The first-order valence-corrected chi connectivity index (χ1v) is 4.50. The SMILES string of the molecule is CC(=O)[C@@H]1CCC2(C1)OCCO2. The Morgan fingerprint density at radius 1 is 1.42 bits per heavy atom. The first-order valence-electron chi connectivity index (χ1n) is 4.50. The maximum atomic E-state index is 11.1. The highest BCUT2D eigenvalue weighted by Gasteiger charge is 2.45. The predicted octanol–water partition coefficient (Wildman–Crippen LogP) is 1.12. The zero-order chi connectivity index (χ0) is 8.60. The van der Waals surface area contributed by atoms with E-state index in [0.717, 1.165) is 19.3 Å². The lowest BCUT2D eigenvalue weighted by Gasteiger charge is -2.20. The molecule has 0 radical (unpaired) electrons. The number of Topliss-reactive ketones (excluding diaryl/α,β-unsaturated/α-hetero) is 1. The third-order valence-corrected chi connectivity index (χ3v) is 2.82. The Labute approximate surface area is 72.0 Å². The Kier molecular flexibility index (Phi) is 1.93. The first-order chi connectivity index (χ1) is 5.72. The Balaban J connectivity index is 2.01. The molecule has 0 N–H and O–H groups in total. The summed E-state index contributed by atoms with van der Waals surface area (Å²) in [5, 5.41) is 0. The van der Waals surface area contributed by atoms with E-state index in [9.17, 15) is 4.79 Å². The third-order valence-electron chi connectivity index (χ3n) is 2.82. The van der Waals surface area contributed by atoms with Gasteiger partial charge in [0.2, 0.25) is 0 Å². The van der Waals surface area contributed by atoms with Crippen LogP contribution in [0, 0.1) is 5.92 Å². The van der Waals surface area contributed by atoms with Crippen LogP contribution < -0.4 is 0 Å². The van der Waals surface area contributed by atoms with Crippen LogP contribution in [0.3, 0.4) is 0 Å². The lowest BCUT2D eigenvalue weighted by atomic mass is 10.0. The summed E-state index contributed by atoms with van der Waals surface area (Å²) in [6.45, 7) is 3.02. The maximum Gasteiger partial charge on any atom is 0.169 e. The third kappa shape index (κ3) is 1.27. The van der Waals surface area contributed by atoms with Crippen molar-refractivity contribution >= 4 is 5.78 Å². The maximum absolute atomic E-state index is 11.1. The van der Waals surface area contributed by atoms with E-state index in [4.69, 9.17) is 9.47 Å². The fraction of sp³-hybridized carbons (Fsp3) is 0.889. The molecule has 2 rings (SSSR count). The molecule has 1 aliphatic carbocycles. The molecular weight excluding hydrogens is 156 g/mol. The lowest BCUT2D eigenvalue weighted by molar-refractivity contribution is -0.154. The molecule has 1 saturated heterocycles. The number of ketones is 1. The number of hydrogen-bond donors (Lipinski definition) is 0. The molecule has 2 aliphatic rings. The lowest BCUT2D eigenvalue weighted by Crippen LogP contribution is -2.26. The average Bonchev–Trinajstić information content (AvgIpc) is 2.62. The van der Waals surface area contributed by atoms with E-state index in [1.54, 1.807) is 6.92 Å². The molecule has 2 fully saturated rings. The Morgan fingerprint density at radius 2 is 2.08 bits per heavy atom. The highest BCUT2D eigenvalue weighted by atomic mass is 16.7. The van der Waals surface area contributed by atoms with Gasteiger partial charge in [0.25, 0.3) is 0 Å². The van der Waals surface area contributed by atoms with Crippen molar-refractivity contribution in [3.63, 3.8) is 0 Å². The summed E-state index contributed by atoms with van der Waals surface area (Å²) in [7, 11) is 0. The number of ether oxygens (including phenoxy) is 2. The van der Waals surface area contributed by atoms with Gasteiger partial charge in [0.05, 0.1) is 13.2 Å². The zero-order valence-electron chi connectivity index (χ0n) is 7.34. The summed E-state index contributed by atoms with van der Waals surface area (Å²) < 4.78 is 11.0. The molecule has 0 aromatic rings. The monoisotopic (exact) mass is 170 g/mol. The minimum absolute atomic E-state index is 0.170. The van der Waals surface area contributed by atoms with Gasteiger partial charge in [-0.3, -0.25) is 4.79 Å². The molecule has 12 heavy (non-hydrogen) atoms. The summed E-state index contributed by atoms with van der Waals surface area (Å²) in [6, 6.07) is 0. The van der Waals surface area contributed by atoms with Gasteiger partial charge >= 0.3 is 0 Å². The molecule has 0 unspecified atom stereocenters. The largest absolute Gasteiger partial charge is 0.348 e. The molecule has 0 aromatic heterocycles. The summed E-state index contributed by atoms with van der Waals surface area (Å²) >= 11 is 0. The zero-order valence-corrected chi connectivity index (χ0v) is 7.34. The van der Waals surface area contributed by atoms with Crippen LogP contribution in [0.4, 0.5) is 0 Å². The highest BCUT2D eigenvalue weighted by Crippen LogP contribution is 2.40. The van der Waals surface area contributed by atoms with Crippen LogP contribution in [-0.4, -0.2) is 24.8 Å². The van der Waals surface area contributed by atoms with Crippen LogP contribution >= 0.6 is 0 Å². The minimum Gasteiger partial charge on any atom is -0.348 e. The molecule has 68 valence electrons.